The first-order chi connectivity index (χ1) is 38.4. The average Bonchev–Trinajstić information content (AvgIpc) is 4.40. The minimum Gasteiger partial charge on any atom is -0.341 e. The predicted molar refractivity (Wildman–Crippen MR) is 316 cm³/mol. The number of benzene rings is 10. The molecule has 0 radical (unpaired) electrons. The second-order valence-corrected chi connectivity index (χ2v) is 19.8. The molecule has 10 aromatic carbocycles. The second-order valence-electron chi connectivity index (χ2n) is 19.8. The van der Waals surface area contributed by atoms with E-state index in [1.165, 1.54) is 24.3 Å². The van der Waals surface area contributed by atoms with E-state index in [4.69, 9.17) is 9.97 Å². The Morgan fingerprint density at radius 2 is 0.603 bits per heavy atom. The van der Waals surface area contributed by atoms with Crippen LogP contribution in [0, 0.1) is 11.6 Å². The van der Waals surface area contributed by atoms with E-state index in [1.54, 1.807) is 0 Å². The van der Waals surface area contributed by atoms with Crippen molar-refractivity contribution in [2.24, 2.45) is 0 Å². The van der Waals surface area contributed by atoms with E-state index in [1.807, 2.05) is 97.1 Å². The summed E-state index contributed by atoms with van der Waals surface area (Å²) in [5, 5.41) is 4.54. The Labute approximate surface area is 450 Å². The molecule has 0 saturated heterocycles. The zero-order valence-electron chi connectivity index (χ0n) is 42.9. The van der Waals surface area contributed by atoms with Gasteiger partial charge in [0.25, 0.3) is 0 Å². The molecular formula is C70H50F2N6. The standard InChI is InChI=1S/C70H50F2N6/c1-3-75-61-37-25-49(41-57(61)59-43-51(27-39-63(59)75)69-73-65(45-17-9-5-10-18-45)67(47-21-13-7-14-22-47)77(69)55-33-29-53(71)30-34-55)50-26-38-62-58(42-50)60-44-52(28-40-64(60)76(62)4-2)70-74-66(46-19-11-6-12-20-46)68(48-23-15-8-16-24-48)78(70)56-35-31-54(72)32-36-56/h5-44H,3-4H2,1-2H3. The van der Waals surface area contributed by atoms with Gasteiger partial charge in [-0.3, -0.25) is 9.13 Å². The molecular weight excluding hydrogens is 963 g/mol. The molecule has 6 nitrogen and oxygen atoms in total. The number of halogens is 2. The number of nitrogens with zero attached hydrogens (tertiary/aromatic N) is 6. The van der Waals surface area contributed by atoms with E-state index in [-0.39, 0.29) is 11.6 Å². The highest BCUT2D eigenvalue weighted by molar-refractivity contribution is 6.13. The van der Waals surface area contributed by atoms with Gasteiger partial charge in [-0.1, -0.05) is 133 Å². The van der Waals surface area contributed by atoms with Gasteiger partial charge < -0.3 is 9.13 Å². The molecule has 14 rings (SSSR count). The predicted octanol–water partition coefficient (Wildman–Crippen LogP) is 18.3. The van der Waals surface area contributed by atoms with E-state index in [9.17, 15) is 8.78 Å². The van der Waals surface area contributed by atoms with Crippen molar-refractivity contribution in [3.63, 3.8) is 0 Å². The first-order valence-electron chi connectivity index (χ1n) is 26.5. The second kappa shape index (κ2) is 19.0. The number of fused-ring (bicyclic) bond motifs is 6. The molecule has 0 saturated carbocycles. The quantitative estimate of drug-likeness (QED) is 0.130. The van der Waals surface area contributed by atoms with Gasteiger partial charge in [0.05, 0.1) is 22.8 Å². The van der Waals surface area contributed by atoms with Crippen LogP contribution >= 0.6 is 0 Å². The van der Waals surface area contributed by atoms with Crippen LogP contribution in [0.25, 0.3) is 134 Å². The van der Waals surface area contributed by atoms with Crippen LogP contribution in [0.4, 0.5) is 8.78 Å². The van der Waals surface area contributed by atoms with Gasteiger partial charge >= 0.3 is 0 Å². The highest BCUT2D eigenvalue weighted by Crippen LogP contribution is 2.44. The van der Waals surface area contributed by atoms with Crippen molar-refractivity contribution in [2.45, 2.75) is 26.9 Å². The van der Waals surface area contributed by atoms with Gasteiger partial charge in [0.15, 0.2) is 0 Å². The van der Waals surface area contributed by atoms with Crippen LogP contribution in [0.15, 0.2) is 243 Å². The zero-order valence-corrected chi connectivity index (χ0v) is 42.9. The molecule has 78 heavy (non-hydrogen) atoms. The van der Waals surface area contributed by atoms with Crippen molar-refractivity contribution in [2.75, 3.05) is 0 Å². The summed E-state index contributed by atoms with van der Waals surface area (Å²) in [4.78, 5) is 11.0. The summed E-state index contributed by atoms with van der Waals surface area (Å²) >= 11 is 0. The summed E-state index contributed by atoms with van der Waals surface area (Å²) in [7, 11) is 0. The van der Waals surface area contributed by atoms with Crippen molar-refractivity contribution in [3.8, 4) is 90.3 Å². The number of hydrogen-bond donors (Lipinski definition) is 0. The number of hydrogen-bond acceptors (Lipinski definition) is 2. The fraction of sp³-hybridized carbons (Fsp3) is 0.0571. The molecule has 0 atom stereocenters. The lowest BCUT2D eigenvalue weighted by molar-refractivity contribution is 0.627. The molecule has 0 spiro atoms. The fourth-order valence-corrected chi connectivity index (χ4v) is 11.8. The lowest BCUT2D eigenvalue weighted by atomic mass is 9.99. The van der Waals surface area contributed by atoms with Gasteiger partial charge in [0, 0.05) is 101 Å². The van der Waals surface area contributed by atoms with Gasteiger partial charge in [-0.25, -0.2) is 18.7 Å². The normalized spacial score (nSPS) is 11.7. The lowest BCUT2D eigenvalue weighted by Crippen LogP contribution is -2.00. The SMILES string of the molecule is CCn1c2ccc(-c3ccc4c(c3)c3cc(-c5nc(-c6ccccc6)c(-c6ccccc6)n5-c5ccc(F)cc5)ccc3n4CC)cc2c2cc(-c3nc(-c4ccccc4)c(-c4ccccc4)n3-c3ccc(F)cc3)ccc21. The summed E-state index contributed by atoms with van der Waals surface area (Å²) in [5.41, 5.74) is 17.9. The molecule has 0 aliphatic heterocycles. The monoisotopic (exact) mass is 1010 g/mol. The molecule has 374 valence electrons. The molecule has 0 N–H and O–H groups in total. The molecule has 0 unspecified atom stereocenters. The van der Waals surface area contributed by atoms with Crippen molar-refractivity contribution < 1.29 is 8.78 Å². The Hall–Kier alpha value is -9.92. The molecule has 0 aliphatic rings. The molecule has 0 bridgehead atoms. The van der Waals surface area contributed by atoms with E-state index in [2.05, 4.69) is 153 Å². The largest absolute Gasteiger partial charge is 0.341 e. The van der Waals surface area contributed by atoms with E-state index >= 15 is 0 Å². The molecule has 14 aromatic rings. The van der Waals surface area contributed by atoms with Crippen LogP contribution < -0.4 is 0 Å². The third kappa shape index (κ3) is 7.75. The van der Waals surface area contributed by atoms with Crippen molar-refractivity contribution >= 4 is 43.6 Å². The van der Waals surface area contributed by atoms with Gasteiger partial charge in [-0.05, 0) is 134 Å². The van der Waals surface area contributed by atoms with Gasteiger partial charge in [-0.2, -0.15) is 0 Å². The first-order valence-corrected chi connectivity index (χ1v) is 26.5. The number of rotatable bonds is 11. The summed E-state index contributed by atoms with van der Waals surface area (Å²) < 4.78 is 38.4. The average molecular weight is 1010 g/mol. The van der Waals surface area contributed by atoms with Crippen LogP contribution in [0.3, 0.4) is 0 Å². The lowest BCUT2D eigenvalue weighted by Gasteiger charge is -2.14. The third-order valence-electron chi connectivity index (χ3n) is 15.3. The molecule has 0 fully saturated rings. The van der Waals surface area contributed by atoms with E-state index in [0.29, 0.717) is 0 Å². The maximum atomic E-state index is 14.6. The van der Waals surface area contributed by atoms with E-state index < -0.39 is 0 Å². The highest BCUT2D eigenvalue weighted by Gasteiger charge is 2.26. The van der Waals surface area contributed by atoms with Crippen LogP contribution in [0.2, 0.25) is 0 Å². The molecule has 8 heteroatoms. The van der Waals surface area contributed by atoms with Crippen molar-refractivity contribution in [3.05, 3.63) is 254 Å². The summed E-state index contributed by atoms with van der Waals surface area (Å²) in [5.74, 6) is 0.937. The Morgan fingerprint density at radius 3 is 0.923 bits per heavy atom. The van der Waals surface area contributed by atoms with Crippen LogP contribution in [0.1, 0.15) is 13.8 Å². The van der Waals surface area contributed by atoms with Crippen LogP contribution in [-0.4, -0.2) is 28.2 Å². The van der Waals surface area contributed by atoms with Crippen LogP contribution in [0.5, 0.6) is 0 Å². The summed E-state index contributed by atoms with van der Waals surface area (Å²) in [6.07, 6.45) is 0. The molecule has 0 aliphatic carbocycles. The minimum atomic E-state index is -0.295. The summed E-state index contributed by atoms with van der Waals surface area (Å²) in [6.45, 7) is 5.98. The molecule has 4 heterocycles. The van der Waals surface area contributed by atoms with E-state index in [0.717, 1.165) is 147 Å². The molecule has 0 amide bonds. The van der Waals surface area contributed by atoms with Crippen molar-refractivity contribution in [1.82, 2.24) is 28.2 Å². The maximum absolute atomic E-state index is 14.6. The Bertz CT molecular complexity index is 4260. The topological polar surface area (TPSA) is 45.5 Å². The Balaban J connectivity index is 0.942. The highest BCUT2D eigenvalue weighted by atomic mass is 19.1. The smallest absolute Gasteiger partial charge is 0.145 e. The zero-order chi connectivity index (χ0) is 52.4. The van der Waals surface area contributed by atoms with Gasteiger partial charge in [0.1, 0.15) is 23.3 Å². The van der Waals surface area contributed by atoms with Crippen molar-refractivity contribution in [1.29, 1.82) is 0 Å². The number of aryl methyl sites for hydroxylation is 2. The summed E-state index contributed by atoms with van der Waals surface area (Å²) in [6, 6.07) is 81.6. The minimum absolute atomic E-state index is 0.295. The third-order valence-corrected chi connectivity index (χ3v) is 15.3. The number of aromatic nitrogens is 6. The maximum Gasteiger partial charge on any atom is 0.145 e. The first kappa shape index (κ1) is 46.6. The van der Waals surface area contributed by atoms with Gasteiger partial charge in [0.2, 0.25) is 0 Å². The number of imidazole rings is 2. The fourth-order valence-electron chi connectivity index (χ4n) is 11.8. The molecule has 4 aromatic heterocycles. The van der Waals surface area contributed by atoms with Crippen LogP contribution in [-0.2, 0) is 13.1 Å². The Morgan fingerprint density at radius 1 is 0.308 bits per heavy atom. The Kier molecular flexibility index (Phi) is 11.4. The van der Waals surface area contributed by atoms with Gasteiger partial charge in [-0.15, -0.1) is 0 Å².